The molecule has 14 heteroatoms. The van der Waals surface area contributed by atoms with E-state index in [-0.39, 0.29) is 28.5 Å². The maximum atomic E-state index is 13.0. The fourth-order valence-corrected chi connectivity index (χ4v) is 4.36. The number of carbonyl (C=O) groups excluding carboxylic acids is 1. The van der Waals surface area contributed by atoms with Gasteiger partial charge in [-0.2, -0.15) is 5.10 Å². The molecule has 0 fully saturated rings. The third kappa shape index (κ3) is 3.82. The highest BCUT2D eigenvalue weighted by Gasteiger charge is 2.65. The van der Waals surface area contributed by atoms with Crippen LogP contribution in [0.15, 0.2) is 21.9 Å². The first-order valence-corrected chi connectivity index (χ1v) is 10.7. The fourth-order valence-electron chi connectivity index (χ4n) is 2.07. The van der Waals surface area contributed by atoms with Gasteiger partial charge in [0.1, 0.15) is 27.0 Å². The Kier molecular flexibility index (Phi) is 4.48. The van der Waals surface area contributed by atoms with Crippen LogP contribution >= 0.6 is 33.4 Å². The normalized spacial score (nSPS) is 16.0. The summed E-state index contributed by atoms with van der Waals surface area (Å²) in [5.41, 5.74) is 4.99. The first-order chi connectivity index (χ1) is 11.4. The van der Waals surface area contributed by atoms with Crippen molar-refractivity contribution >= 4 is 55.8 Å². The molecule has 2 aromatic rings. The summed E-state index contributed by atoms with van der Waals surface area (Å²) in [6.07, 6.45) is 1.20. The lowest BCUT2D eigenvalue weighted by molar-refractivity contribution is 0.100. The van der Waals surface area contributed by atoms with Gasteiger partial charge >= 0.3 is 10.2 Å². The van der Waals surface area contributed by atoms with Crippen LogP contribution in [0.1, 0.15) is 17.4 Å². The number of nitrogens with two attached hydrogens (primary N) is 1. The summed E-state index contributed by atoms with van der Waals surface area (Å²) < 4.78 is 77.2. The molecule has 1 atom stereocenters. The molecule has 2 N–H and O–H groups in total. The molecule has 0 spiro atoms. The van der Waals surface area contributed by atoms with Gasteiger partial charge in [0.2, 0.25) is 0 Å². The Bertz CT molecular complexity index is 953. The van der Waals surface area contributed by atoms with Crippen molar-refractivity contribution in [3.63, 3.8) is 0 Å². The third-order valence-electron chi connectivity index (χ3n) is 3.14. The van der Waals surface area contributed by atoms with Gasteiger partial charge in [0.25, 0.3) is 0 Å². The number of hydrogen-bond donors (Lipinski definition) is 1. The first kappa shape index (κ1) is 20.9. The number of ketones is 1. The Hall–Kier alpha value is -1.37. The van der Waals surface area contributed by atoms with Crippen molar-refractivity contribution in [2.75, 3.05) is 12.0 Å². The number of nitrogens with zero attached hydrogens (tertiary/aromatic N) is 2. The molecule has 0 aliphatic carbocycles. The summed E-state index contributed by atoms with van der Waals surface area (Å²) in [7, 11) is -11.8. The number of benzene rings is 1. The molecule has 1 unspecified atom stereocenters. The summed E-state index contributed by atoms with van der Waals surface area (Å²) in [5, 5.41) is 2.10. The number of Topliss-reactive ketones (excluding diaryl/α,β-unsaturated/α-hetero) is 1. The van der Waals surface area contributed by atoms with E-state index in [1.54, 1.807) is 0 Å². The van der Waals surface area contributed by atoms with E-state index in [0.29, 0.717) is 4.68 Å². The Morgan fingerprint density at radius 2 is 1.65 bits per heavy atom. The Balaban J connectivity index is 2.83. The minimum absolute atomic E-state index is 0.0124. The van der Waals surface area contributed by atoms with Crippen molar-refractivity contribution in [2.24, 2.45) is 0 Å². The molecule has 0 radical (unpaired) electrons. The van der Waals surface area contributed by atoms with Crippen molar-refractivity contribution in [1.29, 1.82) is 0 Å². The van der Waals surface area contributed by atoms with Crippen LogP contribution in [0.25, 0.3) is 5.69 Å². The minimum Gasteiger partial charge on any atom is -0.383 e. The second kappa shape index (κ2) is 5.57. The second-order valence-corrected chi connectivity index (χ2v) is 9.73. The summed E-state index contributed by atoms with van der Waals surface area (Å²) in [4.78, 5) is 9.16. The molecule has 146 valence electrons. The van der Waals surface area contributed by atoms with Crippen LogP contribution in [0.4, 0.5) is 25.2 Å². The first-order valence-electron chi connectivity index (χ1n) is 6.40. The highest BCUT2D eigenvalue weighted by Crippen LogP contribution is 3.02. The van der Waals surface area contributed by atoms with Crippen molar-refractivity contribution in [2.45, 2.75) is 16.7 Å². The molecule has 5 nitrogen and oxygen atoms in total. The SMILES string of the molecule is CC(=O)c1nn(-c2c(Cl)cc(S(F)(F)(F)(F)F)cc2Cl)c(N)c1S(C)=O. The topological polar surface area (TPSA) is 78.0 Å². The van der Waals surface area contributed by atoms with Crippen LogP contribution in [0.3, 0.4) is 0 Å². The van der Waals surface area contributed by atoms with E-state index in [1.165, 1.54) is 6.26 Å². The van der Waals surface area contributed by atoms with Crippen LogP contribution in [0, 0.1) is 0 Å². The number of halogens is 7. The standard InChI is InChI=1S/C12H10Cl2F5N3O2S2/c1-5(23)9-11(25(2)24)12(20)22(21-9)10-7(13)3-6(4-8(10)14)26(15,16,17,18)19/h3-4H,20H2,1-2H3. The van der Waals surface area contributed by atoms with Gasteiger partial charge in [-0.15, -0.1) is 0 Å². The summed E-state index contributed by atoms with van der Waals surface area (Å²) in [6, 6.07) is -0.0249. The van der Waals surface area contributed by atoms with Crippen LogP contribution < -0.4 is 5.73 Å². The molecule has 0 aliphatic heterocycles. The van der Waals surface area contributed by atoms with Gasteiger partial charge in [-0.05, 0) is 12.1 Å². The molecule has 1 aromatic heterocycles. The number of hydrogen-bond acceptors (Lipinski definition) is 4. The van der Waals surface area contributed by atoms with Crippen molar-refractivity contribution in [3.8, 4) is 5.69 Å². The molecule has 0 amide bonds. The Labute approximate surface area is 156 Å². The molecule has 2 rings (SSSR count). The largest absolute Gasteiger partial charge is 0.383 e. The molecule has 0 saturated heterocycles. The zero-order valence-corrected chi connectivity index (χ0v) is 16.1. The molecule has 26 heavy (non-hydrogen) atoms. The highest BCUT2D eigenvalue weighted by atomic mass is 35.5. The van der Waals surface area contributed by atoms with Crippen LogP contribution in [-0.2, 0) is 10.8 Å². The van der Waals surface area contributed by atoms with Crippen LogP contribution in [0.2, 0.25) is 10.0 Å². The molecular formula is C12H10Cl2F5N3O2S2. The summed E-state index contributed by atoms with van der Waals surface area (Å²) in [6.45, 7) is 1.10. The number of nitrogen functional groups attached to an aromatic ring is 1. The molecule has 0 bridgehead atoms. The lowest BCUT2D eigenvalue weighted by atomic mass is 10.3. The lowest BCUT2D eigenvalue weighted by Crippen LogP contribution is -2.09. The highest BCUT2D eigenvalue weighted by molar-refractivity contribution is 8.45. The lowest BCUT2D eigenvalue weighted by Gasteiger charge is -2.40. The molecule has 0 aliphatic rings. The summed E-state index contributed by atoms with van der Waals surface area (Å²) >= 11 is 11.4. The van der Waals surface area contributed by atoms with Gasteiger partial charge < -0.3 is 5.73 Å². The predicted molar refractivity (Wildman–Crippen MR) is 91.7 cm³/mol. The minimum atomic E-state index is -10.0. The van der Waals surface area contributed by atoms with Gasteiger partial charge in [0.15, 0.2) is 5.78 Å². The van der Waals surface area contributed by atoms with Crippen molar-refractivity contribution < 1.29 is 28.4 Å². The third-order valence-corrected chi connectivity index (χ3v) is 5.82. The average Bonchev–Trinajstić information content (AvgIpc) is 2.73. The number of carbonyl (C=O) groups is 1. The predicted octanol–water partition coefficient (Wildman–Crippen LogP) is 5.36. The molecule has 1 aromatic carbocycles. The summed E-state index contributed by atoms with van der Waals surface area (Å²) in [5.74, 6) is -1.00. The van der Waals surface area contributed by atoms with Crippen molar-refractivity contribution in [3.05, 3.63) is 27.9 Å². The molecule has 1 heterocycles. The smallest absolute Gasteiger partial charge is 0.310 e. The van der Waals surface area contributed by atoms with E-state index in [1.807, 2.05) is 0 Å². The molecular weight excluding hydrogens is 448 g/mol. The Morgan fingerprint density at radius 1 is 1.19 bits per heavy atom. The second-order valence-electron chi connectivity index (χ2n) is 5.19. The Morgan fingerprint density at radius 3 is 1.96 bits per heavy atom. The monoisotopic (exact) mass is 457 g/mol. The van der Waals surface area contributed by atoms with Gasteiger partial charge in [0, 0.05) is 13.2 Å². The number of rotatable bonds is 4. The maximum absolute atomic E-state index is 13.0. The van der Waals surface area contributed by atoms with E-state index in [9.17, 15) is 28.4 Å². The molecule has 0 saturated carbocycles. The van der Waals surface area contributed by atoms with Crippen molar-refractivity contribution in [1.82, 2.24) is 9.78 Å². The van der Waals surface area contributed by atoms with Gasteiger partial charge in [0.05, 0.1) is 20.8 Å². The number of anilines is 1. The van der Waals surface area contributed by atoms with E-state index in [0.717, 1.165) is 6.92 Å². The van der Waals surface area contributed by atoms with Gasteiger partial charge in [-0.25, -0.2) is 4.68 Å². The number of aromatic nitrogens is 2. The van der Waals surface area contributed by atoms with Crippen LogP contribution in [-0.4, -0.2) is 26.0 Å². The average molecular weight is 458 g/mol. The zero-order valence-electron chi connectivity index (χ0n) is 12.9. The quantitative estimate of drug-likeness (QED) is 0.495. The fraction of sp³-hybridized carbons (Fsp3) is 0.167. The van der Waals surface area contributed by atoms with E-state index in [4.69, 9.17) is 28.9 Å². The van der Waals surface area contributed by atoms with Gasteiger partial charge in [-0.1, -0.05) is 42.6 Å². The van der Waals surface area contributed by atoms with Gasteiger partial charge in [-0.3, -0.25) is 9.00 Å². The van der Waals surface area contributed by atoms with E-state index < -0.39 is 47.4 Å². The van der Waals surface area contributed by atoms with Crippen LogP contribution in [0.5, 0.6) is 0 Å². The maximum Gasteiger partial charge on any atom is 0.310 e. The zero-order chi connectivity index (χ0) is 20.3. The van der Waals surface area contributed by atoms with E-state index >= 15 is 0 Å². The van der Waals surface area contributed by atoms with E-state index in [2.05, 4.69) is 5.10 Å².